The van der Waals surface area contributed by atoms with Crippen LogP contribution >= 0.6 is 15.9 Å². The fourth-order valence-electron chi connectivity index (χ4n) is 1.55. The second-order valence-electron chi connectivity index (χ2n) is 4.63. The summed E-state index contributed by atoms with van der Waals surface area (Å²) in [5, 5.41) is 9.10. The van der Waals surface area contributed by atoms with Gasteiger partial charge in [0.15, 0.2) is 0 Å². The molecule has 0 unspecified atom stereocenters. The predicted molar refractivity (Wildman–Crippen MR) is 73.8 cm³/mol. The van der Waals surface area contributed by atoms with Gasteiger partial charge in [0.25, 0.3) is 0 Å². The number of benzene rings is 1. The number of halogens is 2. The molecule has 0 aliphatic carbocycles. The fraction of sp³-hybridized carbons (Fsp3) is 0.214. The van der Waals surface area contributed by atoms with Gasteiger partial charge in [-0.15, -0.1) is 0 Å². The minimum atomic E-state index is -0.807. The highest BCUT2D eigenvalue weighted by atomic mass is 79.9. The van der Waals surface area contributed by atoms with E-state index in [1.807, 2.05) is 0 Å². The van der Waals surface area contributed by atoms with Gasteiger partial charge in [-0.1, -0.05) is 15.9 Å². The van der Waals surface area contributed by atoms with E-state index in [2.05, 4.69) is 32.0 Å². The Morgan fingerprint density at radius 3 is 2.74 bits per heavy atom. The highest BCUT2D eigenvalue weighted by Crippen LogP contribution is 2.26. The summed E-state index contributed by atoms with van der Waals surface area (Å²) in [5.41, 5.74) is 0.0391. The molecule has 0 bridgehead atoms. The van der Waals surface area contributed by atoms with E-state index in [0.29, 0.717) is 17.1 Å². The smallest absolute Gasteiger partial charge is 0.148 e. The van der Waals surface area contributed by atoms with E-state index in [9.17, 15) is 4.39 Å². The molecule has 0 aliphatic rings. The summed E-state index contributed by atoms with van der Waals surface area (Å²) in [6.45, 7) is 3.45. The summed E-state index contributed by atoms with van der Waals surface area (Å²) >= 11 is 3.30. The topological polar surface area (TPSA) is 49.6 Å². The lowest BCUT2D eigenvalue weighted by Gasteiger charge is -2.14. The first-order valence-corrected chi connectivity index (χ1v) is 6.43. The second-order valence-corrected chi connectivity index (χ2v) is 5.54. The predicted octanol–water partition coefficient (Wildman–Crippen LogP) is 3.85. The molecule has 0 fully saturated rings. The zero-order valence-electron chi connectivity index (χ0n) is 10.5. The standard InChI is InChI=1S/C14H11BrFN3/c1-14(2,8-17)13-18-6-5-12(19-13)10-7-9(15)3-4-11(10)16/h3-7H,1-2H3. The van der Waals surface area contributed by atoms with Crippen molar-refractivity contribution in [3.8, 4) is 17.3 Å². The average molecular weight is 320 g/mol. The Morgan fingerprint density at radius 2 is 2.05 bits per heavy atom. The van der Waals surface area contributed by atoms with E-state index < -0.39 is 5.41 Å². The van der Waals surface area contributed by atoms with Gasteiger partial charge >= 0.3 is 0 Å². The first kappa shape index (κ1) is 13.6. The van der Waals surface area contributed by atoms with Crippen LogP contribution in [0.5, 0.6) is 0 Å². The van der Waals surface area contributed by atoms with Gasteiger partial charge in [-0.2, -0.15) is 5.26 Å². The lowest BCUT2D eigenvalue weighted by Crippen LogP contribution is -2.18. The van der Waals surface area contributed by atoms with Crippen molar-refractivity contribution < 1.29 is 4.39 Å². The molecule has 1 aromatic carbocycles. The molecule has 0 amide bonds. The van der Waals surface area contributed by atoms with Gasteiger partial charge in [0.1, 0.15) is 17.1 Å². The number of nitriles is 1. The van der Waals surface area contributed by atoms with Gasteiger partial charge in [-0.05, 0) is 38.1 Å². The second kappa shape index (κ2) is 5.06. The molecular weight excluding hydrogens is 309 g/mol. The number of nitrogens with zero attached hydrogens (tertiary/aromatic N) is 3. The maximum Gasteiger partial charge on any atom is 0.148 e. The normalized spacial score (nSPS) is 11.1. The molecule has 0 N–H and O–H groups in total. The monoisotopic (exact) mass is 319 g/mol. The molecule has 96 valence electrons. The minimum absolute atomic E-state index is 0.359. The van der Waals surface area contributed by atoms with Gasteiger partial charge in [-0.3, -0.25) is 0 Å². The highest BCUT2D eigenvalue weighted by Gasteiger charge is 2.24. The van der Waals surface area contributed by atoms with E-state index in [1.165, 1.54) is 12.3 Å². The number of rotatable bonds is 2. The van der Waals surface area contributed by atoms with Crippen molar-refractivity contribution in [2.75, 3.05) is 0 Å². The zero-order valence-corrected chi connectivity index (χ0v) is 12.1. The molecule has 19 heavy (non-hydrogen) atoms. The minimum Gasteiger partial charge on any atom is -0.240 e. The first-order chi connectivity index (χ1) is 8.94. The lowest BCUT2D eigenvalue weighted by atomic mass is 9.94. The van der Waals surface area contributed by atoms with Gasteiger partial charge in [0, 0.05) is 16.2 Å². The molecule has 1 aromatic heterocycles. The van der Waals surface area contributed by atoms with Crippen molar-refractivity contribution in [2.24, 2.45) is 0 Å². The molecule has 0 atom stereocenters. The summed E-state index contributed by atoms with van der Waals surface area (Å²) in [6.07, 6.45) is 1.54. The van der Waals surface area contributed by atoms with Gasteiger partial charge in [0.05, 0.1) is 11.8 Å². The quantitative estimate of drug-likeness (QED) is 0.844. The number of aromatic nitrogens is 2. The third kappa shape index (κ3) is 2.79. The van der Waals surface area contributed by atoms with Gasteiger partial charge < -0.3 is 0 Å². The van der Waals surface area contributed by atoms with Gasteiger partial charge in [0.2, 0.25) is 0 Å². The molecule has 2 aromatic rings. The zero-order chi connectivity index (χ0) is 14.0. The summed E-state index contributed by atoms with van der Waals surface area (Å²) < 4.78 is 14.6. The van der Waals surface area contributed by atoms with Crippen LogP contribution in [0, 0.1) is 17.1 Å². The Balaban J connectivity index is 2.56. The Hall–Kier alpha value is -1.80. The Kier molecular flexibility index (Phi) is 3.63. The molecule has 0 aliphatic heterocycles. The molecule has 2 rings (SSSR count). The van der Waals surface area contributed by atoms with Crippen molar-refractivity contribution in [1.82, 2.24) is 9.97 Å². The van der Waals surface area contributed by atoms with Crippen LogP contribution in [0.3, 0.4) is 0 Å². The summed E-state index contributed by atoms with van der Waals surface area (Å²) in [4.78, 5) is 8.38. The van der Waals surface area contributed by atoms with E-state index in [-0.39, 0.29) is 5.82 Å². The molecule has 0 saturated carbocycles. The molecule has 0 saturated heterocycles. The van der Waals surface area contributed by atoms with E-state index in [0.717, 1.165) is 4.47 Å². The van der Waals surface area contributed by atoms with Crippen LogP contribution in [0.4, 0.5) is 4.39 Å². The molecule has 0 radical (unpaired) electrons. The van der Waals surface area contributed by atoms with Crippen molar-refractivity contribution in [1.29, 1.82) is 5.26 Å². The Morgan fingerprint density at radius 1 is 1.32 bits per heavy atom. The summed E-state index contributed by atoms with van der Waals surface area (Å²) in [5.74, 6) is 0.0227. The molecule has 3 nitrogen and oxygen atoms in total. The fourth-order valence-corrected chi connectivity index (χ4v) is 1.91. The van der Waals surface area contributed by atoms with E-state index >= 15 is 0 Å². The van der Waals surface area contributed by atoms with Crippen LogP contribution in [0.25, 0.3) is 11.3 Å². The van der Waals surface area contributed by atoms with Gasteiger partial charge in [-0.25, -0.2) is 14.4 Å². The van der Waals surface area contributed by atoms with Crippen LogP contribution in [-0.4, -0.2) is 9.97 Å². The molecular formula is C14H11BrFN3. The number of hydrogen-bond acceptors (Lipinski definition) is 3. The Labute approximate surface area is 119 Å². The molecule has 0 spiro atoms. The summed E-state index contributed by atoms with van der Waals surface area (Å²) in [7, 11) is 0. The van der Waals surface area contributed by atoms with Crippen LogP contribution in [0.2, 0.25) is 0 Å². The van der Waals surface area contributed by atoms with Crippen LogP contribution in [0.1, 0.15) is 19.7 Å². The van der Waals surface area contributed by atoms with E-state index in [4.69, 9.17) is 5.26 Å². The maximum atomic E-state index is 13.8. The van der Waals surface area contributed by atoms with Crippen LogP contribution in [-0.2, 0) is 5.41 Å². The maximum absolute atomic E-state index is 13.8. The van der Waals surface area contributed by atoms with E-state index in [1.54, 1.807) is 32.0 Å². The highest BCUT2D eigenvalue weighted by molar-refractivity contribution is 9.10. The van der Waals surface area contributed by atoms with Crippen molar-refractivity contribution in [3.05, 3.63) is 46.6 Å². The largest absolute Gasteiger partial charge is 0.240 e. The third-order valence-corrected chi connectivity index (χ3v) is 3.19. The number of hydrogen-bond donors (Lipinski definition) is 0. The first-order valence-electron chi connectivity index (χ1n) is 5.64. The summed E-state index contributed by atoms with van der Waals surface area (Å²) in [6, 6.07) is 8.41. The third-order valence-electron chi connectivity index (χ3n) is 2.70. The van der Waals surface area contributed by atoms with Crippen LogP contribution in [0.15, 0.2) is 34.9 Å². The van der Waals surface area contributed by atoms with Crippen molar-refractivity contribution >= 4 is 15.9 Å². The Bertz CT molecular complexity index is 662. The van der Waals surface area contributed by atoms with Crippen LogP contribution < -0.4 is 0 Å². The average Bonchev–Trinajstić information content (AvgIpc) is 2.41. The SMILES string of the molecule is CC(C)(C#N)c1nccc(-c2cc(Br)ccc2F)n1. The lowest BCUT2D eigenvalue weighted by molar-refractivity contribution is 0.621. The van der Waals surface area contributed by atoms with Crippen molar-refractivity contribution in [2.45, 2.75) is 19.3 Å². The molecule has 1 heterocycles. The molecule has 5 heteroatoms. The van der Waals surface area contributed by atoms with Crippen molar-refractivity contribution in [3.63, 3.8) is 0 Å².